The van der Waals surface area contributed by atoms with Gasteiger partial charge in [-0.2, -0.15) is 13.2 Å². The molecule has 0 saturated carbocycles. The van der Waals surface area contributed by atoms with Crippen LogP contribution in [0.2, 0.25) is 5.02 Å². The first-order valence-corrected chi connectivity index (χ1v) is 16.1. The Morgan fingerprint density at radius 2 is 1.51 bits per heavy atom. The van der Waals surface area contributed by atoms with Gasteiger partial charge < -0.3 is 4.74 Å². The van der Waals surface area contributed by atoms with E-state index in [1.54, 1.807) is 30.3 Å². The molecular weight excluding hydrogens is 597 g/mol. The molecule has 228 valence electrons. The normalized spacial score (nSPS) is 12.2. The maximum Gasteiger partial charge on any atom is 0.417 e. The van der Waals surface area contributed by atoms with E-state index < -0.39 is 21.8 Å². The lowest BCUT2D eigenvalue weighted by Gasteiger charge is -2.29. The van der Waals surface area contributed by atoms with Crippen LogP contribution in [0.4, 0.5) is 13.2 Å². The van der Waals surface area contributed by atoms with E-state index in [1.807, 2.05) is 36.4 Å². The lowest BCUT2D eigenvalue weighted by atomic mass is 9.90. The van der Waals surface area contributed by atoms with Crippen LogP contribution < -0.4 is 9.46 Å². The van der Waals surface area contributed by atoms with Crippen molar-refractivity contribution in [2.24, 2.45) is 0 Å². The molecule has 0 atom stereocenters. The van der Waals surface area contributed by atoms with Gasteiger partial charge in [-0.1, -0.05) is 96.5 Å². The molecule has 0 bridgehead atoms. The molecule has 4 aromatic carbocycles. The van der Waals surface area contributed by atoms with Crippen molar-refractivity contribution >= 4 is 21.6 Å². The van der Waals surface area contributed by atoms with E-state index >= 15 is 0 Å². The number of halogens is 4. The van der Waals surface area contributed by atoms with Gasteiger partial charge in [-0.05, 0) is 46.9 Å². The highest BCUT2D eigenvalue weighted by molar-refractivity contribution is 7.88. The Hall–Kier alpha value is -3.37. The van der Waals surface area contributed by atoms with Crippen LogP contribution in [0.15, 0.2) is 103 Å². The van der Waals surface area contributed by atoms with Crippen molar-refractivity contribution in [1.29, 1.82) is 0 Å². The maximum absolute atomic E-state index is 13.6. The fourth-order valence-corrected chi connectivity index (χ4v) is 5.59. The molecule has 0 saturated heterocycles. The second-order valence-electron chi connectivity index (χ2n) is 10.3. The minimum Gasteiger partial charge on any atom is -0.494 e. The Kier molecular flexibility index (Phi) is 11.3. The van der Waals surface area contributed by atoms with Gasteiger partial charge in [0.15, 0.2) is 0 Å². The molecule has 0 spiro atoms. The van der Waals surface area contributed by atoms with Gasteiger partial charge in [-0.25, -0.2) is 13.1 Å². The molecule has 0 unspecified atom stereocenters. The van der Waals surface area contributed by atoms with E-state index in [-0.39, 0.29) is 24.0 Å². The molecule has 10 heteroatoms. The van der Waals surface area contributed by atoms with E-state index in [1.165, 1.54) is 6.07 Å². The zero-order valence-corrected chi connectivity index (χ0v) is 25.3. The van der Waals surface area contributed by atoms with E-state index in [0.29, 0.717) is 37.4 Å². The Bertz CT molecular complexity index is 1530. The highest BCUT2D eigenvalue weighted by atomic mass is 35.5. The molecule has 0 fully saturated rings. The third-order valence-corrected chi connectivity index (χ3v) is 8.06. The molecule has 43 heavy (non-hydrogen) atoms. The van der Waals surface area contributed by atoms with E-state index in [0.717, 1.165) is 29.0 Å². The molecule has 0 aliphatic rings. The fourth-order valence-electron chi connectivity index (χ4n) is 4.87. The number of nitrogens with zero attached hydrogens (tertiary/aromatic N) is 1. The quantitative estimate of drug-likeness (QED) is 0.147. The molecule has 0 heterocycles. The number of sulfonamides is 1. The second kappa shape index (κ2) is 14.9. The third-order valence-electron chi connectivity index (χ3n) is 6.95. The van der Waals surface area contributed by atoms with Gasteiger partial charge in [0.05, 0.1) is 23.4 Å². The zero-order valence-electron chi connectivity index (χ0n) is 23.7. The van der Waals surface area contributed by atoms with Crippen LogP contribution in [-0.4, -0.2) is 39.3 Å². The summed E-state index contributed by atoms with van der Waals surface area (Å²) in [5.41, 5.74) is 2.53. The summed E-state index contributed by atoms with van der Waals surface area (Å²) in [6.45, 7) is 1.83. The van der Waals surface area contributed by atoms with Gasteiger partial charge in [0.2, 0.25) is 10.0 Å². The second-order valence-corrected chi connectivity index (χ2v) is 12.5. The first kappa shape index (κ1) is 32.5. The average Bonchev–Trinajstić information content (AvgIpc) is 2.98. The highest BCUT2D eigenvalue weighted by Gasteiger charge is 2.34. The summed E-state index contributed by atoms with van der Waals surface area (Å²) in [5, 5.41) is -0.285. The minimum absolute atomic E-state index is 0.0214. The zero-order chi connectivity index (χ0) is 30.9. The SMILES string of the molecule is CS(=O)(=O)NCc1cccc(OCCCN(Cc2cccc(C(F)(F)F)c2Cl)CC(c2ccccc2)c2ccccc2)c1. The first-order valence-electron chi connectivity index (χ1n) is 13.8. The predicted molar refractivity (Wildman–Crippen MR) is 165 cm³/mol. The number of hydrogen-bond acceptors (Lipinski definition) is 4. The highest BCUT2D eigenvalue weighted by Crippen LogP contribution is 2.37. The summed E-state index contributed by atoms with van der Waals surface area (Å²) < 4.78 is 72.1. The van der Waals surface area contributed by atoms with Gasteiger partial charge in [0.25, 0.3) is 0 Å². The lowest BCUT2D eigenvalue weighted by molar-refractivity contribution is -0.137. The van der Waals surface area contributed by atoms with Crippen LogP contribution in [0.1, 0.15) is 40.2 Å². The molecule has 1 N–H and O–H groups in total. The number of benzene rings is 4. The van der Waals surface area contributed by atoms with Crippen molar-refractivity contribution in [3.05, 3.63) is 136 Å². The van der Waals surface area contributed by atoms with E-state index in [2.05, 4.69) is 33.9 Å². The Morgan fingerprint density at radius 1 is 0.884 bits per heavy atom. The van der Waals surface area contributed by atoms with Crippen LogP contribution in [-0.2, 0) is 29.3 Å². The van der Waals surface area contributed by atoms with Crippen molar-refractivity contribution in [1.82, 2.24) is 9.62 Å². The van der Waals surface area contributed by atoms with E-state index in [4.69, 9.17) is 16.3 Å². The first-order chi connectivity index (χ1) is 20.5. The summed E-state index contributed by atoms with van der Waals surface area (Å²) in [6, 6.07) is 31.3. The largest absolute Gasteiger partial charge is 0.494 e. The summed E-state index contributed by atoms with van der Waals surface area (Å²) in [4.78, 5) is 2.11. The van der Waals surface area contributed by atoms with Crippen molar-refractivity contribution < 1.29 is 26.3 Å². The van der Waals surface area contributed by atoms with Crippen LogP contribution in [0.5, 0.6) is 5.75 Å². The third kappa shape index (κ3) is 10.1. The standard InChI is InChI=1S/C33H34ClF3N2O3S/c1-43(40,41)38-22-25-11-8-17-29(21-25)42-20-10-19-39(23-28-16-9-18-31(32(28)34)33(35,36)37)24-30(26-12-4-2-5-13-26)27-14-6-3-7-15-27/h2-9,11-18,21,30,38H,10,19-20,22-24H2,1H3. The van der Waals surface area contributed by atoms with Crippen molar-refractivity contribution in [3.8, 4) is 5.75 Å². The smallest absolute Gasteiger partial charge is 0.417 e. The molecule has 5 nitrogen and oxygen atoms in total. The molecule has 0 aromatic heterocycles. The Morgan fingerprint density at radius 3 is 2.12 bits per heavy atom. The van der Waals surface area contributed by atoms with E-state index in [9.17, 15) is 21.6 Å². The average molecular weight is 631 g/mol. The number of ether oxygens (including phenoxy) is 1. The molecule has 0 radical (unpaired) electrons. The van der Waals surface area contributed by atoms with Crippen molar-refractivity contribution in [2.45, 2.75) is 31.6 Å². The molecular formula is C33H34ClF3N2O3S. The van der Waals surface area contributed by atoms with Crippen LogP contribution in [0.25, 0.3) is 0 Å². The molecule has 4 aromatic rings. The summed E-state index contributed by atoms with van der Waals surface area (Å²) >= 11 is 6.30. The topological polar surface area (TPSA) is 58.6 Å². The van der Waals surface area contributed by atoms with Gasteiger partial charge in [0.1, 0.15) is 5.75 Å². The van der Waals surface area contributed by atoms with Gasteiger partial charge in [-0.15, -0.1) is 0 Å². The van der Waals surface area contributed by atoms with Crippen molar-refractivity contribution in [3.63, 3.8) is 0 Å². The molecule has 4 rings (SSSR count). The maximum atomic E-state index is 13.6. The predicted octanol–water partition coefficient (Wildman–Crippen LogP) is 7.51. The van der Waals surface area contributed by atoms with Gasteiger partial charge >= 0.3 is 6.18 Å². The van der Waals surface area contributed by atoms with Crippen molar-refractivity contribution in [2.75, 3.05) is 26.0 Å². The summed E-state index contributed by atoms with van der Waals surface area (Å²) in [5.74, 6) is 0.582. The summed E-state index contributed by atoms with van der Waals surface area (Å²) in [7, 11) is -3.32. The van der Waals surface area contributed by atoms with Gasteiger partial charge in [0, 0.05) is 32.1 Å². The monoisotopic (exact) mass is 630 g/mol. The van der Waals surface area contributed by atoms with Crippen LogP contribution in [0, 0.1) is 0 Å². The number of hydrogen-bond donors (Lipinski definition) is 1. The number of nitrogens with one attached hydrogen (secondary N) is 1. The minimum atomic E-state index is -4.55. The summed E-state index contributed by atoms with van der Waals surface area (Å²) in [6.07, 6.45) is -2.85. The number of alkyl halides is 3. The fraction of sp³-hybridized carbons (Fsp3) is 0.273. The Balaban J connectivity index is 1.52. The number of rotatable bonds is 14. The van der Waals surface area contributed by atoms with Crippen LogP contribution >= 0.6 is 11.6 Å². The molecule has 0 amide bonds. The van der Waals surface area contributed by atoms with Gasteiger partial charge in [-0.3, -0.25) is 4.90 Å². The molecule has 0 aliphatic heterocycles. The molecule has 0 aliphatic carbocycles. The lowest BCUT2D eigenvalue weighted by Crippen LogP contribution is -2.31. The van der Waals surface area contributed by atoms with Crippen LogP contribution in [0.3, 0.4) is 0 Å². The Labute approximate surface area is 256 Å².